The summed E-state index contributed by atoms with van der Waals surface area (Å²) in [5.74, 6) is -0.281. The molecule has 1 N–H and O–H groups in total. The lowest BCUT2D eigenvalue weighted by Crippen LogP contribution is -2.27. The lowest BCUT2D eigenvalue weighted by Gasteiger charge is -2.07. The smallest absolute Gasteiger partial charge is 0.273 e. The Hall–Kier alpha value is -3.32. The quantitative estimate of drug-likeness (QED) is 0.592. The lowest BCUT2D eigenvalue weighted by molar-refractivity contribution is -0.116. The molecule has 0 saturated carbocycles. The molecule has 0 aliphatic carbocycles. The summed E-state index contributed by atoms with van der Waals surface area (Å²) in [6, 6.07) is 17.1. The van der Waals surface area contributed by atoms with Crippen molar-refractivity contribution in [3.63, 3.8) is 0 Å². The number of amides is 1. The molecule has 27 heavy (non-hydrogen) atoms. The van der Waals surface area contributed by atoms with Crippen LogP contribution in [0.3, 0.4) is 0 Å². The number of aryl methyl sites for hydroxylation is 1. The van der Waals surface area contributed by atoms with Gasteiger partial charge in [-0.3, -0.25) is 14.2 Å². The second-order valence-corrected chi connectivity index (χ2v) is 6.94. The molecule has 7 heteroatoms. The molecular formula is C20H16N4O2S. The molecule has 0 aliphatic heterocycles. The Morgan fingerprint density at radius 1 is 1.15 bits per heavy atom. The summed E-state index contributed by atoms with van der Waals surface area (Å²) in [6.07, 6.45) is 1.40. The molecule has 2 heterocycles. The molecule has 0 spiro atoms. The first-order valence-electron chi connectivity index (χ1n) is 8.38. The highest BCUT2D eigenvalue weighted by molar-refractivity contribution is 7.13. The van der Waals surface area contributed by atoms with Crippen molar-refractivity contribution in [2.45, 2.75) is 13.5 Å². The fourth-order valence-electron chi connectivity index (χ4n) is 2.83. The van der Waals surface area contributed by atoms with Crippen molar-refractivity contribution in [1.82, 2.24) is 13.9 Å². The van der Waals surface area contributed by atoms with Crippen molar-refractivity contribution in [3.8, 4) is 11.3 Å². The summed E-state index contributed by atoms with van der Waals surface area (Å²) in [6.45, 7) is 1.85. The maximum Gasteiger partial charge on any atom is 0.273 e. The zero-order chi connectivity index (χ0) is 18.8. The maximum absolute atomic E-state index is 12.7. The zero-order valence-corrected chi connectivity index (χ0v) is 15.4. The molecule has 4 rings (SSSR count). The van der Waals surface area contributed by atoms with Crippen LogP contribution in [0.15, 0.2) is 65.7 Å². The predicted octanol–water partition coefficient (Wildman–Crippen LogP) is 3.47. The van der Waals surface area contributed by atoms with Crippen LogP contribution in [-0.2, 0) is 11.3 Å². The molecule has 0 radical (unpaired) electrons. The molecule has 1 amide bonds. The van der Waals surface area contributed by atoms with E-state index in [2.05, 4.69) is 14.7 Å². The van der Waals surface area contributed by atoms with Gasteiger partial charge in [-0.15, -0.1) is 0 Å². The minimum Gasteiger partial charge on any atom is -0.325 e. The third-order valence-electron chi connectivity index (χ3n) is 4.11. The van der Waals surface area contributed by atoms with Crippen LogP contribution in [0.2, 0.25) is 0 Å². The topological polar surface area (TPSA) is 76.9 Å². The minimum atomic E-state index is -0.281. The summed E-state index contributed by atoms with van der Waals surface area (Å²) in [7, 11) is 0. The monoisotopic (exact) mass is 376 g/mol. The Bertz CT molecular complexity index is 1180. The van der Waals surface area contributed by atoms with Gasteiger partial charge < -0.3 is 5.32 Å². The highest BCUT2D eigenvalue weighted by atomic mass is 32.1. The van der Waals surface area contributed by atoms with Crippen LogP contribution in [0.4, 0.5) is 5.69 Å². The number of aromatic nitrogens is 3. The number of anilines is 1. The molecule has 2 aromatic heterocycles. The molecule has 0 unspecified atom stereocenters. The summed E-state index contributed by atoms with van der Waals surface area (Å²) < 4.78 is 6.14. The highest BCUT2D eigenvalue weighted by Gasteiger charge is 2.15. The lowest BCUT2D eigenvalue weighted by atomic mass is 10.1. The molecule has 0 saturated heterocycles. The van der Waals surface area contributed by atoms with Gasteiger partial charge in [0, 0.05) is 11.3 Å². The van der Waals surface area contributed by atoms with Crippen LogP contribution < -0.4 is 10.9 Å². The number of rotatable bonds is 4. The van der Waals surface area contributed by atoms with E-state index < -0.39 is 0 Å². The van der Waals surface area contributed by atoms with Gasteiger partial charge in [-0.25, -0.2) is 4.98 Å². The van der Waals surface area contributed by atoms with E-state index in [1.807, 2.05) is 61.5 Å². The predicted molar refractivity (Wildman–Crippen MR) is 107 cm³/mol. The number of benzene rings is 2. The van der Waals surface area contributed by atoms with Crippen molar-refractivity contribution in [3.05, 3.63) is 76.8 Å². The Morgan fingerprint density at radius 3 is 2.74 bits per heavy atom. The number of carbonyl (C=O) groups excluding carboxylic acids is 1. The Balaban J connectivity index is 1.61. The van der Waals surface area contributed by atoms with Crippen molar-refractivity contribution in [2.24, 2.45) is 0 Å². The van der Waals surface area contributed by atoms with Crippen LogP contribution in [0.5, 0.6) is 0 Å². The number of nitrogens with zero attached hydrogens (tertiary/aromatic N) is 3. The molecule has 134 valence electrons. The van der Waals surface area contributed by atoms with Gasteiger partial charge in [0.1, 0.15) is 22.5 Å². The van der Waals surface area contributed by atoms with Crippen molar-refractivity contribution < 1.29 is 4.79 Å². The second kappa shape index (κ2) is 7.13. The Labute approximate surface area is 159 Å². The molecule has 6 nitrogen and oxygen atoms in total. The van der Waals surface area contributed by atoms with Crippen LogP contribution in [-0.4, -0.2) is 19.8 Å². The minimum absolute atomic E-state index is 0.103. The standard InChI is InChI=1S/C20H16N4O2S/c1-13-6-5-9-15(10-13)22-16(25)11-24-12-21-18-17(14-7-3-2-4-8-14)23-27-19(18)20(24)26/h2-10,12H,11H2,1H3,(H,22,25). The molecule has 0 fully saturated rings. The van der Waals surface area contributed by atoms with E-state index in [9.17, 15) is 9.59 Å². The van der Waals surface area contributed by atoms with E-state index in [0.29, 0.717) is 21.6 Å². The molecule has 2 aromatic carbocycles. The molecule has 0 aliphatic rings. The number of hydrogen-bond acceptors (Lipinski definition) is 5. The summed E-state index contributed by atoms with van der Waals surface area (Å²) in [5, 5.41) is 2.80. The first-order chi connectivity index (χ1) is 13.1. The largest absolute Gasteiger partial charge is 0.325 e. The maximum atomic E-state index is 12.7. The SMILES string of the molecule is Cc1cccc(NC(=O)Cn2cnc3c(-c4ccccc4)nsc3c2=O)c1. The normalized spacial score (nSPS) is 10.9. The third kappa shape index (κ3) is 3.50. The van der Waals surface area contributed by atoms with Gasteiger partial charge in [0.05, 0.1) is 6.33 Å². The fraction of sp³-hybridized carbons (Fsp3) is 0.100. The molecule has 0 atom stereocenters. The van der Waals surface area contributed by atoms with E-state index in [1.165, 1.54) is 10.9 Å². The summed E-state index contributed by atoms with van der Waals surface area (Å²) in [4.78, 5) is 29.4. The van der Waals surface area contributed by atoms with E-state index in [1.54, 1.807) is 0 Å². The van der Waals surface area contributed by atoms with Gasteiger partial charge >= 0.3 is 0 Å². The van der Waals surface area contributed by atoms with Crippen LogP contribution in [0.25, 0.3) is 21.5 Å². The van der Waals surface area contributed by atoms with Crippen molar-refractivity contribution in [2.75, 3.05) is 5.32 Å². The number of nitrogens with one attached hydrogen (secondary N) is 1. The zero-order valence-electron chi connectivity index (χ0n) is 14.5. The van der Waals surface area contributed by atoms with Gasteiger partial charge in [-0.05, 0) is 36.2 Å². The Morgan fingerprint density at radius 2 is 1.96 bits per heavy atom. The third-order valence-corrected chi connectivity index (χ3v) is 4.94. The van der Waals surface area contributed by atoms with Crippen molar-refractivity contribution >= 4 is 33.3 Å². The van der Waals surface area contributed by atoms with Crippen LogP contribution in [0, 0.1) is 6.92 Å². The fourth-order valence-corrected chi connectivity index (χ4v) is 3.64. The van der Waals surface area contributed by atoms with E-state index in [0.717, 1.165) is 22.7 Å². The highest BCUT2D eigenvalue weighted by Crippen LogP contribution is 2.26. The number of fused-ring (bicyclic) bond motifs is 1. The number of carbonyl (C=O) groups is 1. The first kappa shape index (κ1) is 17.1. The van der Waals surface area contributed by atoms with Gasteiger partial charge in [-0.1, -0.05) is 42.5 Å². The van der Waals surface area contributed by atoms with Crippen LogP contribution >= 0.6 is 11.5 Å². The van der Waals surface area contributed by atoms with E-state index in [4.69, 9.17) is 0 Å². The van der Waals surface area contributed by atoms with E-state index in [-0.39, 0.29) is 18.0 Å². The van der Waals surface area contributed by atoms with Gasteiger partial charge in [0.25, 0.3) is 5.56 Å². The summed E-state index contributed by atoms with van der Waals surface area (Å²) in [5.41, 5.74) is 3.64. The average Bonchev–Trinajstić information content (AvgIpc) is 3.09. The van der Waals surface area contributed by atoms with Gasteiger partial charge in [0.2, 0.25) is 5.91 Å². The molecule has 4 aromatic rings. The number of hydrogen-bond donors (Lipinski definition) is 1. The van der Waals surface area contributed by atoms with Gasteiger partial charge in [-0.2, -0.15) is 4.37 Å². The molecule has 0 bridgehead atoms. The molecular weight excluding hydrogens is 360 g/mol. The van der Waals surface area contributed by atoms with Gasteiger partial charge in [0.15, 0.2) is 0 Å². The average molecular weight is 376 g/mol. The Kier molecular flexibility index (Phi) is 4.52. The first-order valence-corrected chi connectivity index (χ1v) is 9.16. The second-order valence-electron chi connectivity index (χ2n) is 6.17. The van der Waals surface area contributed by atoms with E-state index >= 15 is 0 Å². The van der Waals surface area contributed by atoms with Crippen molar-refractivity contribution in [1.29, 1.82) is 0 Å². The summed E-state index contributed by atoms with van der Waals surface area (Å²) >= 11 is 1.11. The van der Waals surface area contributed by atoms with Crippen LogP contribution in [0.1, 0.15) is 5.56 Å².